The second kappa shape index (κ2) is 5.06. The molecule has 1 heterocycles. The van der Waals surface area contributed by atoms with Gasteiger partial charge in [0.1, 0.15) is 0 Å². The Morgan fingerprint density at radius 1 is 1.14 bits per heavy atom. The number of halogens is 2. The molecule has 3 rings (SSSR count). The van der Waals surface area contributed by atoms with Crippen LogP contribution in [0.2, 0.25) is 10.0 Å². The zero-order chi connectivity index (χ0) is 15.1. The van der Waals surface area contributed by atoms with Crippen LogP contribution < -0.4 is 11.1 Å². The molecule has 1 aliphatic heterocycles. The zero-order valence-corrected chi connectivity index (χ0v) is 12.3. The highest BCUT2D eigenvalue weighted by molar-refractivity contribution is 6.36. The Labute approximate surface area is 130 Å². The molecule has 4 nitrogen and oxygen atoms in total. The molecule has 2 aromatic carbocycles. The van der Waals surface area contributed by atoms with Crippen molar-refractivity contribution in [1.29, 1.82) is 0 Å². The first kappa shape index (κ1) is 13.9. The number of carbonyl (C=O) groups is 2. The van der Waals surface area contributed by atoms with E-state index in [2.05, 4.69) is 5.32 Å². The van der Waals surface area contributed by atoms with Crippen LogP contribution in [0.3, 0.4) is 0 Å². The molecule has 0 saturated heterocycles. The van der Waals surface area contributed by atoms with Crippen LogP contribution in [0.4, 0.5) is 11.4 Å². The number of nitrogens with one attached hydrogen (secondary N) is 1. The minimum absolute atomic E-state index is 0.110. The lowest BCUT2D eigenvalue weighted by Gasteiger charge is -2.08. The fourth-order valence-electron chi connectivity index (χ4n) is 2.26. The van der Waals surface area contributed by atoms with E-state index in [0.717, 1.165) is 5.56 Å². The second-order valence-electron chi connectivity index (χ2n) is 4.78. The van der Waals surface area contributed by atoms with Crippen LogP contribution in [0.25, 0.3) is 0 Å². The highest BCUT2D eigenvalue weighted by Crippen LogP contribution is 2.31. The highest BCUT2D eigenvalue weighted by atomic mass is 35.5. The van der Waals surface area contributed by atoms with E-state index in [9.17, 15) is 9.59 Å². The Hall–Kier alpha value is -2.04. The van der Waals surface area contributed by atoms with Gasteiger partial charge in [0.25, 0.3) is 0 Å². The van der Waals surface area contributed by atoms with Gasteiger partial charge in [0.15, 0.2) is 5.78 Å². The van der Waals surface area contributed by atoms with Crippen molar-refractivity contribution in [1.82, 2.24) is 0 Å². The Morgan fingerprint density at radius 2 is 1.90 bits per heavy atom. The normalized spacial score (nSPS) is 13.0. The van der Waals surface area contributed by atoms with E-state index < -0.39 is 0 Å². The maximum Gasteiger partial charge on any atom is 0.228 e. The van der Waals surface area contributed by atoms with Crippen molar-refractivity contribution in [2.75, 3.05) is 11.1 Å². The van der Waals surface area contributed by atoms with Crippen LogP contribution in [-0.2, 0) is 11.2 Å². The molecule has 2 aromatic rings. The number of hydrogen-bond acceptors (Lipinski definition) is 3. The maximum atomic E-state index is 12.5. The van der Waals surface area contributed by atoms with Crippen LogP contribution in [0.15, 0.2) is 30.3 Å². The van der Waals surface area contributed by atoms with Gasteiger partial charge in [-0.25, -0.2) is 0 Å². The number of hydrogen-bond donors (Lipinski definition) is 2. The molecule has 106 valence electrons. The summed E-state index contributed by atoms with van der Waals surface area (Å²) in [6.45, 7) is 0. The minimum atomic E-state index is -0.259. The quantitative estimate of drug-likeness (QED) is 0.658. The van der Waals surface area contributed by atoms with Crippen LogP contribution in [-0.4, -0.2) is 11.7 Å². The predicted molar refractivity (Wildman–Crippen MR) is 83.1 cm³/mol. The number of rotatable bonds is 2. The predicted octanol–water partition coefficient (Wildman–Crippen LogP) is 3.30. The van der Waals surface area contributed by atoms with E-state index >= 15 is 0 Å². The second-order valence-corrected chi connectivity index (χ2v) is 5.59. The van der Waals surface area contributed by atoms with E-state index in [0.29, 0.717) is 27.5 Å². The minimum Gasteiger partial charge on any atom is -0.398 e. The summed E-state index contributed by atoms with van der Waals surface area (Å²) in [5, 5.41) is 3.37. The van der Waals surface area contributed by atoms with Crippen LogP contribution in [0.5, 0.6) is 0 Å². The monoisotopic (exact) mass is 320 g/mol. The average Bonchev–Trinajstić information content (AvgIpc) is 2.79. The number of amides is 1. The highest BCUT2D eigenvalue weighted by Gasteiger charge is 2.22. The SMILES string of the molecule is Nc1cc(C(=O)c2cc3c(cc2Cl)NC(=O)C3)ccc1Cl. The smallest absolute Gasteiger partial charge is 0.228 e. The molecule has 0 aliphatic carbocycles. The lowest BCUT2D eigenvalue weighted by Crippen LogP contribution is -2.04. The number of carbonyl (C=O) groups excluding carboxylic acids is 2. The van der Waals surface area contributed by atoms with Crippen LogP contribution in [0, 0.1) is 0 Å². The molecule has 21 heavy (non-hydrogen) atoms. The number of anilines is 2. The van der Waals surface area contributed by atoms with Crippen molar-refractivity contribution in [3.8, 4) is 0 Å². The molecule has 0 aromatic heterocycles. The van der Waals surface area contributed by atoms with Crippen molar-refractivity contribution in [2.24, 2.45) is 0 Å². The molecule has 0 atom stereocenters. The summed E-state index contributed by atoms with van der Waals surface area (Å²) in [6.07, 6.45) is 0.246. The third kappa shape index (κ3) is 2.48. The van der Waals surface area contributed by atoms with Gasteiger partial charge in [-0.05, 0) is 35.9 Å². The van der Waals surface area contributed by atoms with Gasteiger partial charge in [-0.3, -0.25) is 9.59 Å². The summed E-state index contributed by atoms with van der Waals surface area (Å²) < 4.78 is 0. The van der Waals surface area contributed by atoms with E-state index in [1.165, 1.54) is 6.07 Å². The number of ketones is 1. The first-order valence-electron chi connectivity index (χ1n) is 6.17. The molecule has 1 aliphatic rings. The average molecular weight is 321 g/mol. The van der Waals surface area contributed by atoms with Gasteiger partial charge in [0, 0.05) is 16.8 Å². The van der Waals surface area contributed by atoms with E-state index in [-0.39, 0.29) is 23.1 Å². The van der Waals surface area contributed by atoms with E-state index in [1.54, 1.807) is 24.3 Å². The molecule has 0 unspecified atom stereocenters. The molecule has 0 saturated carbocycles. The fraction of sp³-hybridized carbons (Fsp3) is 0.0667. The Morgan fingerprint density at radius 3 is 2.62 bits per heavy atom. The molecule has 0 radical (unpaired) electrons. The summed E-state index contributed by atoms with van der Waals surface area (Å²) >= 11 is 12.0. The molecule has 0 fully saturated rings. The summed E-state index contributed by atoms with van der Waals surface area (Å²) in [5.41, 5.74) is 8.19. The first-order chi connectivity index (χ1) is 9.95. The molecule has 0 bridgehead atoms. The Bertz CT molecular complexity index is 787. The fourth-order valence-corrected chi connectivity index (χ4v) is 2.63. The summed E-state index contributed by atoms with van der Waals surface area (Å²) in [7, 11) is 0. The van der Waals surface area contributed by atoms with Crippen molar-refractivity contribution in [2.45, 2.75) is 6.42 Å². The van der Waals surface area contributed by atoms with Crippen molar-refractivity contribution < 1.29 is 9.59 Å². The molecular weight excluding hydrogens is 311 g/mol. The number of benzene rings is 2. The van der Waals surface area contributed by atoms with Gasteiger partial charge in [0.05, 0.1) is 22.2 Å². The third-order valence-electron chi connectivity index (χ3n) is 3.32. The summed E-state index contributed by atoms with van der Waals surface area (Å²) in [6, 6.07) is 7.90. The van der Waals surface area contributed by atoms with Gasteiger partial charge in [-0.15, -0.1) is 0 Å². The van der Waals surface area contributed by atoms with Crippen LogP contribution >= 0.6 is 23.2 Å². The lowest BCUT2D eigenvalue weighted by molar-refractivity contribution is -0.115. The Balaban J connectivity index is 2.04. The third-order valence-corrected chi connectivity index (χ3v) is 3.98. The van der Waals surface area contributed by atoms with E-state index in [1.807, 2.05) is 0 Å². The first-order valence-corrected chi connectivity index (χ1v) is 6.93. The largest absolute Gasteiger partial charge is 0.398 e. The van der Waals surface area contributed by atoms with Gasteiger partial charge < -0.3 is 11.1 Å². The van der Waals surface area contributed by atoms with Crippen molar-refractivity contribution in [3.05, 3.63) is 57.1 Å². The molecule has 6 heteroatoms. The summed E-state index contributed by atoms with van der Waals surface area (Å²) in [4.78, 5) is 23.9. The zero-order valence-electron chi connectivity index (χ0n) is 10.7. The standard InChI is InChI=1S/C15H10Cl2N2O2/c16-10-2-1-7(4-12(10)18)15(21)9-3-8-5-14(20)19-13(8)6-11(9)17/h1-4,6H,5,18H2,(H,19,20). The van der Waals surface area contributed by atoms with Gasteiger partial charge in [-0.2, -0.15) is 0 Å². The number of nitrogen functional groups attached to an aromatic ring is 1. The lowest BCUT2D eigenvalue weighted by atomic mass is 9.99. The van der Waals surface area contributed by atoms with Gasteiger partial charge in [0.2, 0.25) is 5.91 Å². The van der Waals surface area contributed by atoms with Gasteiger partial charge >= 0.3 is 0 Å². The molecule has 3 N–H and O–H groups in total. The molecular formula is C15H10Cl2N2O2. The Kier molecular flexibility index (Phi) is 3.35. The molecule has 0 spiro atoms. The molecule has 1 amide bonds. The van der Waals surface area contributed by atoms with E-state index in [4.69, 9.17) is 28.9 Å². The topological polar surface area (TPSA) is 72.2 Å². The number of fused-ring (bicyclic) bond motifs is 1. The van der Waals surface area contributed by atoms with Crippen molar-refractivity contribution in [3.63, 3.8) is 0 Å². The van der Waals surface area contributed by atoms with Crippen LogP contribution in [0.1, 0.15) is 21.5 Å². The summed E-state index contributed by atoms with van der Waals surface area (Å²) in [5.74, 6) is -0.369. The number of nitrogens with two attached hydrogens (primary N) is 1. The van der Waals surface area contributed by atoms with Crippen molar-refractivity contribution >= 4 is 46.3 Å². The van der Waals surface area contributed by atoms with Gasteiger partial charge in [-0.1, -0.05) is 23.2 Å². The maximum absolute atomic E-state index is 12.5.